The van der Waals surface area contributed by atoms with Crippen LogP contribution in [0.3, 0.4) is 0 Å². The SMILES string of the molecule is CCC(C)NCCC(O)c1ccc(C)cc1C. The van der Waals surface area contributed by atoms with Crippen LogP contribution in [0.25, 0.3) is 0 Å². The Labute approximate surface area is 105 Å². The van der Waals surface area contributed by atoms with E-state index in [1.807, 2.05) is 6.07 Å². The van der Waals surface area contributed by atoms with Gasteiger partial charge >= 0.3 is 0 Å². The first-order valence-electron chi connectivity index (χ1n) is 6.53. The summed E-state index contributed by atoms with van der Waals surface area (Å²) in [6.45, 7) is 9.34. The highest BCUT2D eigenvalue weighted by molar-refractivity contribution is 5.31. The van der Waals surface area contributed by atoms with Crippen molar-refractivity contribution in [2.24, 2.45) is 0 Å². The number of aliphatic hydroxyl groups is 1. The van der Waals surface area contributed by atoms with Crippen molar-refractivity contribution in [3.05, 3.63) is 34.9 Å². The van der Waals surface area contributed by atoms with Crippen molar-refractivity contribution in [1.82, 2.24) is 5.32 Å². The third-order valence-electron chi connectivity index (χ3n) is 3.31. The minimum Gasteiger partial charge on any atom is -0.388 e. The minimum atomic E-state index is -0.354. The molecule has 1 rings (SSSR count). The lowest BCUT2D eigenvalue weighted by Gasteiger charge is -2.16. The first-order valence-corrected chi connectivity index (χ1v) is 6.53. The molecule has 0 aliphatic rings. The standard InChI is InChI=1S/C15H25NO/c1-5-13(4)16-9-8-15(17)14-7-6-11(2)10-12(14)3/h6-7,10,13,15-17H,5,8-9H2,1-4H3. The lowest BCUT2D eigenvalue weighted by Crippen LogP contribution is -2.27. The molecule has 1 aromatic rings. The summed E-state index contributed by atoms with van der Waals surface area (Å²) in [6.07, 6.45) is 1.54. The molecular formula is C15H25NO. The number of benzene rings is 1. The Balaban J connectivity index is 2.49. The second kappa shape index (κ2) is 6.77. The van der Waals surface area contributed by atoms with E-state index in [1.54, 1.807) is 0 Å². The van der Waals surface area contributed by atoms with Crippen LogP contribution in [0, 0.1) is 13.8 Å². The molecule has 2 heteroatoms. The molecule has 0 radical (unpaired) electrons. The van der Waals surface area contributed by atoms with Gasteiger partial charge in [-0.05, 0) is 51.3 Å². The lowest BCUT2D eigenvalue weighted by atomic mass is 9.99. The molecule has 0 heterocycles. The predicted octanol–water partition coefficient (Wildman–Crippen LogP) is 3.12. The van der Waals surface area contributed by atoms with E-state index in [0.717, 1.165) is 24.9 Å². The number of hydrogen-bond donors (Lipinski definition) is 2. The molecule has 2 unspecified atom stereocenters. The van der Waals surface area contributed by atoms with Gasteiger partial charge in [-0.15, -0.1) is 0 Å². The Morgan fingerprint density at radius 2 is 2.00 bits per heavy atom. The average Bonchev–Trinajstić information content (AvgIpc) is 2.28. The first-order chi connectivity index (χ1) is 8.04. The zero-order valence-electron chi connectivity index (χ0n) is 11.5. The summed E-state index contributed by atoms with van der Waals surface area (Å²) in [5, 5.41) is 13.5. The van der Waals surface area contributed by atoms with Gasteiger partial charge in [-0.1, -0.05) is 30.7 Å². The highest BCUT2D eigenvalue weighted by atomic mass is 16.3. The monoisotopic (exact) mass is 235 g/mol. The summed E-state index contributed by atoms with van der Waals surface area (Å²) in [5.74, 6) is 0. The van der Waals surface area contributed by atoms with E-state index in [4.69, 9.17) is 0 Å². The third-order valence-corrected chi connectivity index (χ3v) is 3.31. The van der Waals surface area contributed by atoms with Gasteiger partial charge in [0.25, 0.3) is 0 Å². The Kier molecular flexibility index (Phi) is 5.66. The number of aliphatic hydroxyl groups excluding tert-OH is 1. The fraction of sp³-hybridized carbons (Fsp3) is 0.600. The van der Waals surface area contributed by atoms with Crippen molar-refractivity contribution in [1.29, 1.82) is 0 Å². The Bertz CT molecular complexity index is 349. The maximum atomic E-state index is 10.1. The topological polar surface area (TPSA) is 32.3 Å². The van der Waals surface area contributed by atoms with Crippen molar-refractivity contribution in [3.63, 3.8) is 0 Å². The fourth-order valence-electron chi connectivity index (χ4n) is 1.97. The molecule has 0 spiro atoms. The van der Waals surface area contributed by atoms with Crippen LogP contribution >= 0.6 is 0 Å². The molecule has 0 fully saturated rings. The van der Waals surface area contributed by atoms with Gasteiger partial charge in [0, 0.05) is 6.04 Å². The molecule has 2 atom stereocenters. The Morgan fingerprint density at radius 3 is 2.59 bits per heavy atom. The molecule has 2 N–H and O–H groups in total. The van der Waals surface area contributed by atoms with Crippen molar-refractivity contribution in [2.45, 2.75) is 52.7 Å². The van der Waals surface area contributed by atoms with Crippen LogP contribution in [-0.2, 0) is 0 Å². The van der Waals surface area contributed by atoms with Gasteiger partial charge in [0.15, 0.2) is 0 Å². The Morgan fingerprint density at radius 1 is 1.29 bits per heavy atom. The highest BCUT2D eigenvalue weighted by Gasteiger charge is 2.10. The van der Waals surface area contributed by atoms with E-state index >= 15 is 0 Å². The van der Waals surface area contributed by atoms with Gasteiger partial charge in [-0.2, -0.15) is 0 Å². The van der Waals surface area contributed by atoms with Gasteiger partial charge in [-0.3, -0.25) is 0 Å². The van der Waals surface area contributed by atoms with E-state index in [9.17, 15) is 5.11 Å². The van der Waals surface area contributed by atoms with Crippen molar-refractivity contribution >= 4 is 0 Å². The van der Waals surface area contributed by atoms with Crippen molar-refractivity contribution in [2.75, 3.05) is 6.54 Å². The summed E-state index contributed by atoms with van der Waals surface area (Å²) in [6, 6.07) is 6.76. The fourth-order valence-corrected chi connectivity index (χ4v) is 1.97. The van der Waals surface area contributed by atoms with Crippen LogP contribution < -0.4 is 5.32 Å². The molecular weight excluding hydrogens is 210 g/mol. The van der Waals surface area contributed by atoms with Gasteiger partial charge < -0.3 is 10.4 Å². The summed E-state index contributed by atoms with van der Waals surface area (Å²) >= 11 is 0. The second-order valence-corrected chi connectivity index (χ2v) is 4.93. The van der Waals surface area contributed by atoms with E-state index in [-0.39, 0.29) is 6.10 Å². The first kappa shape index (κ1) is 14.2. The minimum absolute atomic E-state index is 0.354. The van der Waals surface area contributed by atoms with E-state index in [2.05, 4.69) is 45.1 Å². The van der Waals surface area contributed by atoms with Crippen LogP contribution in [0.1, 0.15) is 49.5 Å². The number of rotatable bonds is 6. The molecule has 0 amide bonds. The van der Waals surface area contributed by atoms with Gasteiger partial charge in [0.1, 0.15) is 0 Å². The predicted molar refractivity (Wildman–Crippen MR) is 73.2 cm³/mol. The molecule has 0 saturated carbocycles. The molecule has 1 aromatic carbocycles. The third kappa shape index (κ3) is 4.49. The molecule has 0 aromatic heterocycles. The average molecular weight is 235 g/mol. The van der Waals surface area contributed by atoms with Crippen LogP contribution in [-0.4, -0.2) is 17.7 Å². The largest absolute Gasteiger partial charge is 0.388 e. The normalized spacial score (nSPS) is 14.6. The molecule has 17 heavy (non-hydrogen) atoms. The lowest BCUT2D eigenvalue weighted by molar-refractivity contribution is 0.165. The van der Waals surface area contributed by atoms with Gasteiger partial charge in [0.05, 0.1) is 6.10 Å². The maximum Gasteiger partial charge on any atom is 0.0804 e. The zero-order chi connectivity index (χ0) is 12.8. The highest BCUT2D eigenvalue weighted by Crippen LogP contribution is 2.21. The summed E-state index contributed by atoms with van der Waals surface area (Å²) in [7, 11) is 0. The summed E-state index contributed by atoms with van der Waals surface area (Å²) in [4.78, 5) is 0. The molecule has 96 valence electrons. The second-order valence-electron chi connectivity index (χ2n) is 4.93. The smallest absolute Gasteiger partial charge is 0.0804 e. The molecule has 2 nitrogen and oxygen atoms in total. The number of hydrogen-bond acceptors (Lipinski definition) is 2. The van der Waals surface area contributed by atoms with E-state index in [1.165, 1.54) is 11.1 Å². The molecule has 0 bridgehead atoms. The molecule has 0 aliphatic heterocycles. The van der Waals surface area contributed by atoms with E-state index < -0.39 is 0 Å². The summed E-state index contributed by atoms with van der Waals surface area (Å²) < 4.78 is 0. The van der Waals surface area contributed by atoms with Crippen LogP contribution in [0.5, 0.6) is 0 Å². The summed E-state index contributed by atoms with van der Waals surface area (Å²) in [5.41, 5.74) is 3.48. The van der Waals surface area contributed by atoms with Crippen LogP contribution in [0.2, 0.25) is 0 Å². The van der Waals surface area contributed by atoms with Crippen LogP contribution in [0.4, 0.5) is 0 Å². The Hall–Kier alpha value is -0.860. The zero-order valence-corrected chi connectivity index (χ0v) is 11.5. The van der Waals surface area contributed by atoms with Gasteiger partial charge in [-0.25, -0.2) is 0 Å². The number of nitrogens with one attached hydrogen (secondary N) is 1. The quantitative estimate of drug-likeness (QED) is 0.794. The molecule has 0 saturated heterocycles. The van der Waals surface area contributed by atoms with Crippen molar-refractivity contribution in [3.8, 4) is 0 Å². The molecule has 0 aliphatic carbocycles. The maximum absolute atomic E-state index is 10.1. The number of aryl methyl sites for hydroxylation is 2. The van der Waals surface area contributed by atoms with Gasteiger partial charge in [0.2, 0.25) is 0 Å². The van der Waals surface area contributed by atoms with Crippen LogP contribution in [0.15, 0.2) is 18.2 Å². The van der Waals surface area contributed by atoms with Crippen molar-refractivity contribution < 1.29 is 5.11 Å². The van der Waals surface area contributed by atoms with E-state index in [0.29, 0.717) is 6.04 Å².